The lowest BCUT2D eigenvalue weighted by molar-refractivity contribution is 0.0949. The number of halogens is 1. The zero-order chi connectivity index (χ0) is 21.1. The van der Waals surface area contributed by atoms with Gasteiger partial charge in [-0.05, 0) is 45.0 Å². The molecule has 0 unspecified atom stereocenters. The van der Waals surface area contributed by atoms with Gasteiger partial charge in [0.25, 0.3) is 11.5 Å². The summed E-state index contributed by atoms with van der Waals surface area (Å²) >= 11 is 6.06. The van der Waals surface area contributed by atoms with Gasteiger partial charge in [-0.1, -0.05) is 29.8 Å². The van der Waals surface area contributed by atoms with E-state index in [-0.39, 0.29) is 17.3 Å². The zero-order valence-corrected chi connectivity index (χ0v) is 17.3. The van der Waals surface area contributed by atoms with Crippen LogP contribution in [0, 0.1) is 0 Å². The van der Waals surface area contributed by atoms with Gasteiger partial charge in [0.05, 0.1) is 24.2 Å². The number of hydrogen-bond acceptors (Lipinski definition) is 5. The average Bonchev–Trinajstić information content (AvgIpc) is 2.72. The molecule has 0 atom stereocenters. The first kappa shape index (κ1) is 20.5. The number of benzene rings is 2. The molecule has 1 N–H and O–H groups in total. The Bertz CT molecular complexity index is 1170. The predicted octanol–water partition coefficient (Wildman–Crippen LogP) is 3.79. The van der Waals surface area contributed by atoms with E-state index in [0.717, 1.165) is 0 Å². The van der Waals surface area contributed by atoms with Crippen LogP contribution in [0.5, 0.6) is 5.75 Å². The molecule has 0 aliphatic carbocycles. The molecular formula is C21H21ClN4O3. The Hall–Kier alpha value is -3.19. The fourth-order valence-corrected chi connectivity index (χ4v) is 3.11. The van der Waals surface area contributed by atoms with E-state index in [1.165, 1.54) is 4.68 Å². The first-order chi connectivity index (χ1) is 13.8. The monoisotopic (exact) mass is 412 g/mol. The Morgan fingerprint density at radius 2 is 1.90 bits per heavy atom. The second kappa shape index (κ2) is 8.45. The van der Waals surface area contributed by atoms with Crippen LogP contribution in [0.1, 0.15) is 42.9 Å². The normalized spacial score (nSPS) is 11.7. The number of methoxy groups -OCH3 is 1. The van der Waals surface area contributed by atoms with Crippen LogP contribution < -0.4 is 15.7 Å². The summed E-state index contributed by atoms with van der Waals surface area (Å²) in [6, 6.07) is 11.8. The van der Waals surface area contributed by atoms with Crippen molar-refractivity contribution in [1.82, 2.24) is 15.2 Å². The van der Waals surface area contributed by atoms with E-state index in [1.807, 2.05) is 13.8 Å². The van der Waals surface area contributed by atoms with Crippen LogP contribution in [-0.2, 0) is 0 Å². The predicted molar refractivity (Wildman–Crippen MR) is 114 cm³/mol. The zero-order valence-electron chi connectivity index (χ0n) is 16.6. The van der Waals surface area contributed by atoms with Gasteiger partial charge in [0.1, 0.15) is 5.75 Å². The molecule has 0 spiro atoms. The first-order valence-electron chi connectivity index (χ1n) is 9.03. The van der Waals surface area contributed by atoms with Crippen LogP contribution in [0.3, 0.4) is 0 Å². The molecule has 3 aromatic rings. The molecular weight excluding hydrogens is 392 g/mol. The van der Waals surface area contributed by atoms with Crippen LogP contribution in [0.2, 0.25) is 5.02 Å². The second-order valence-corrected chi connectivity index (χ2v) is 7.16. The molecule has 29 heavy (non-hydrogen) atoms. The number of carbonyl (C=O) groups is 1. The van der Waals surface area contributed by atoms with Crippen molar-refractivity contribution in [2.45, 2.75) is 26.8 Å². The van der Waals surface area contributed by atoms with Crippen molar-refractivity contribution >= 4 is 34.0 Å². The lowest BCUT2D eigenvalue weighted by Crippen LogP contribution is -2.30. The Balaban J connectivity index is 2.01. The lowest BCUT2D eigenvalue weighted by Gasteiger charge is -2.13. The summed E-state index contributed by atoms with van der Waals surface area (Å²) in [6.45, 7) is 5.40. The summed E-state index contributed by atoms with van der Waals surface area (Å²) in [5.74, 6) is 0.0674. The summed E-state index contributed by atoms with van der Waals surface area (Å²) in [5.41, 5.74) is 3.58. The van der Waals surface area contributed by atoms with E-state index >= 15 is 0 Å². The van der Waals surface area contributed by atoms with Crippen molar-refractivity contribution in [2.24, 2.45) is 5.10 Å². The van der Waals surface area contributed by atoms with Gasteiger partial charge in [-0.3, -0.25) is 9.59 Å². The summed E-state index contributed by atoms with van der Waals surface area (Å²) < 4.78 is 6.62. The minimum atomic E-state index is -0.518. The van der Waals surface area contributed by atoms with Gasteiger partial charge in [0, 0.05) is 16.0 Å². The number of carbonyl (C=O) groups excluding carboxylic acids is 1. The molecule has 0 saturated heterocycles. The molecule has 8 heteroatoms. The number of nitrogens with one attached hydrogen (secondary N) is 1. The first-order valence-corrected chi connectivity index (χ1v) is 9.41. The van der Waals surface area contributed by atoms with Crippen LogP contribution >= 0.6 is 11.6 Å². The Morgan fingerprint density at radius 3 is 2.55 bits per heavy atom. The maximum absolute atomic E-state index is 12.8. The third kappa shape index (κ3) is 4.14. The fourth-order valence-electron chi connectivity index (χ4n) is 2.93. The molecule has 0 bridgehead atoms. The van der Waals surface area contributed by atoms with Gasteiger partial charge >= 0.3 is 0 Å². The van der Waals surface area contributed by atoms with Crippen molar-refractivity contribution in [3.63, 3.8) is 0 Å². The number of nitrogens with zero attached hydrogens (tertiary/aromatic N) is 3. The molecule has 0 saturated carbocycles. The highest BCUT2D eigenvalue weighted by Gasteiger charge is 2.18. The van der Waals surface area contributed by atoms with Gasteiger partial charge in [-0.15, -0.1) is 0 Å². The van der Waals surface area contributed by atoms with E-state index in [9.17, 15) is 9.59 Å². The van der Waals surface area contributed by atoms with Gasteiger partial charge < -0.3 is 4.74 Å². The number of hydrogen-bond donors (Lipinski definition) is 1. The Morgan fingerprint density at radius 1 is 1.21 bits per heavy atom. The van der Waals surface area contributed by atoms with Crippen molar-refractivity contribution in [1.29, 1.82) is 0 Å². The molecule has 150 valence electrons. The SMILES string of the molecule is COc1ccc(Cl)cc1/C(C)=N\NC(=O)c1nn(C(C)C)c(=O)c2ccccc12. The summed E-state index contributed by atoms with van der Waals surface area (Å²) in [5, 5.41) is 9.88. The highest BCUT2D eigenvalue weighted by molar-refractivity contribution is 6.31. The molecule has 2 aromatic carbocycles. The van der Waals surface area contributed by atoms with Gasteiger partial charge in [0.2, 0.25) is 0 Å². The summed E-state index contributed by atoms with van der Waals surface area (Å²) in [4.78, 5) is 25.5. The molecule has 1 aromatic heterocycles. The maximum Gasteiger partial charge on any atom is 0.292 e. The average molecular weight is 413 g/mol. The highest BCUT2D eigenvalue weighted by Crippen LogP contribution is 2.23. The fraction of sp³-hybridized carbons (Fsp3) is 0.238. The largest absolute Gasteiger partial charge is 0.496 e. The van der Waals surface area contributed by atoms with Crippen molar-refractivity contribution in [3.05, 3.63) is 69.1 Å². The van der Waals surface area contributed by atoms with Gasteiger partial charge in [0.15, 0.2) is 5.69 Å². The second-order valence-electron chi connectivity index (χ2n) is 6.72. The maximum atomic E-state index is 12.8. The molecule has 0 fully saturated rings. The summed E-state index contributed by atoms with van der Waals surface area (Å²) in [6.07, 6.45) is 0. The van der Waals surface area contributed by atoms with E-state index in [4.69, 9.17) is 16.3 Å². The molecule has 1 heterocycles. The lowest BCUT2D eigenvalue weighted by atomic mass is 10.1. The van der Waals surface area contributed by atoms with E-state index in [0.29, 0.717) is 32.8 Å². The van der Waals surface area contributed by atoms with Crippen LogP contribution in [0.15, 0.2) is 52.4 Å². The van der Waals surface area contributed by atoms with Crippen LogP contribution in [-0.4, -0.2) is 28.5 Å². The summed E-state index contributed by atoms with van der Waals surface area (Å²) in [7, 11) is 1.55. The number of hydrazone groups is 1. The van der Waals surface area contributed by atoms with Crippen LogP contribution in [0.4, 0.5) is 0 Å². The Kier molecular flexibility index (Phi) is 5.98. The molecule has 7 nitrogen and oxygen atoms in total. The Labute approximate surface area is 172 Å². The van der Waals surface area contributed by atoms with E-state index in [2.05, 4.69) is 15.6 Å². The quantitative estimate of drug-likeness (QED) is 0.510. The van der Waals surface area contributed by atoms with Crippen molar-refractivity contribution in [3.8, 4) is 5.75 Å². The molecule has 1 amide bonds. The van der Waals surface area contributed by atoms with Gasteiger partial charge in [-0.25, -0.2) is 10.1 Å². The third-order valence-corrected chi connectivity index (χ3v) is 4.64. The van der Waals surface area contributed by atoms with E-state index in [1.54, 1.807) is 56.5 Å². The number of rotatable bonds is 5. The minimum absolute atomic E-state index is 0.128. The van der Waals surface area contributed by atoms with E-state index < -0.39 is 5.91 Å². The van der Waals surface area contributed by atoms with Crippen molar-refractivity contribution < 1.29 is 9.53 Å². The minimum Gasteiger partial charge on any atom is -0.496 e. The number of amides is 1. The molecule has 3 rings (SSSR count). The number of aromatic nitrogens is 2. The smallest absolute Gasteiger partial charge is 0.292 e. The van der Waals surface area contributed by atoms with Crippen molar-refractivity contribution in [2.75, 3.05) is 7.11 Å². The third-order valence-electron chi connectivity index (χ3n) is 4.41. The van der Waals surface area contributed by atoms with Crippen LogP contribution in [0.25, 0.3) is 10.8 Å². The molecule has 0 aliphatic heterocycles. The standard InChI is InChI=1S/C21H21ClN4O3/c1-12(2)26-21(28)16-8-6-5-7-15(16)19(25-26)20(27)24-23-13(3)17-11-14(22)9-10-18(17)29-4/h5-12H,1-4H3,(H,24,27)/b23-13-. The molecule has 0 aliphatic rings. The topological polar surface area (TPSA) is 85.6 Å². The van der Waals surface area contributed by atoms with Gasteiger partial charge in [-0.2, -0.15) is 10.2 Å². The number of fused-ring (bicyclic) bond motifs is 1. The molecule has 0 radical (unpaired) electrons. The highest BCUT2D eigenvalue weighted by atomic mass is 35.5. The number of ether oxygens (including phenoxy) is 1.